The average Bonchev–Trinajstić information content (AvgIpc) is 3.35. The van der Waals surface area contributed by atoms with Crippen molar-refractivity contribution in [3.8, 4) is 0 Å². The number of nitrogens with zero attached hydrogens (tertiary/aromatic N) is 3. The number of aromatic nitrogens is 1. The van der Waals surface area contributed by atoms with Crippen LogP contribution in [0.2, 0.25) is 0 Å². The van der Waals surface area contributed by atoms with E-state index in [1.54, 1.807) is 11.0 Å². The SMILES string of the molecule is CCCCN(Cc1cccn1Cc1ccc(Br)cc1)C(=O)CN(CCCC)S(=O)(=O)/C=C/c1ccccc1. The van der Waals surface area contributed by atoms with Crippen molar-refractivity contribution in [3.63, 3.8) is 0 Å². The van der Waals surface area contributed by atoms with Gasteiger partial charge in [0.05, 0.1) is 13.1 Å². The van der Waals surface area contributed by atoms with Crippen LogP contribution in [-0.2, 0) is 27.9 Å². The molecule has 0 spiro atoms. The molecule has 0 aliphatic heterocycles. The monoisotopic (exact) mass is 599 g/mol. The lowest BCUT2D eigenvalue weighted by atomic mass is 10.2. The van der Waals surface area contributed by atoms with Gasteiger partial charge < -0.3 is 9.47 Å². The third-order valence-corrected chi connectivity index (χ3v) is 8.38. The number of hydrogen-bond donors (Lipinski definition) is 0. The van der Waals surface area contributed by atoms with E-state index in [1.165, 1.54) is 15.3 Å². The number of benzene rings is 2. The third kappa shape index (κ3) is 9.26. The number of halogens is 1. The van der Waals surface area contributed by atoms with Crippen LogP contribution in [-0.4, -0.2) is 47.7 Å². The highest BCUT2D eigenvalue weighted by Gasteiger charge is 2.25. The van der Waals surface area contributed by atoms with Crippen LogP contribution in [0, 0.1) is 0 Å². The molecule has 8 heteroatoms. The molecule has 3 rings (SSSR count). The molecule has 1 aromatic heterocycles. The topological polar surface area (TPSA) is 62.6 Å². The summed E-state index contributed by atoms with van der Waals surface area (Å²) in [6.45, 7) is 5.96. The highest BCUT2D eigenvalue weighted by Crippen LogP contribution is 2.16. The van der Waals surface area contributed by atoms with Gasteiger partial charge in [0.1, 0.15) is 0 Å². The Morgan fingerprint density at radius 1 is 0.921 bits per heavy atom. The second-order valence-corrected chi connectivity index (χ2v) is 12.1. The zero-order valence-corrected chi connectivity index (χ0v) is 24.7. The first-order chi connectivity index (χ1) is 18.3. The van der Waals surface area contributed by atoms with Crippen molar-refractivity contribution in [1.82, 2.24) is 13.8 Å². The minimum Gasteiger partial charge on any atom is -0.345 e. The Hall–Kier alpha value is -2.68. The zero-order chi connectivity index (χ0) is 27.4. The van der Waals surface area contributed by atoms with E-state index in [1.807, 2.05) is 67.7 Å². The number of hydrogen-bond acceptors (Lipinski definition) is 3. The molecule has 3 aromatic rings. The fourth-order valence-corrected chi connectivity index (χ4v) is 5.51. The van der Waals surface area contributed by atoms with Crippen molar-refractivity contribution in [2.24, 2.45) is 0 Å². The molecule has 0 fully saturated rings. The molecular formula is C30H38BrN3O3S. The quantitative estimate of drug-likeness (QED) is 0.199. The zero-order valence-electron chi connectivity index (χ0n) is 22.3. The van der Waals surface area contributed by atoms with Gasteiger partial charge in [-0.2, -0.15) is 4.31 Å². The van der Waals surface area contributed by atoms with Gasteiger partial charge in [0.25, 0.3) is 0 Å². The lowest BCUT2D eigenvalue weighted by Crippen LogP contribution is -2.43. The van der Waals surface area contributed by atoms with Crippen molar-refractivity contribution >= 4 is 37.9 Å². The Kier molecular flexibility index (Phi) is 11.8. The fraction of sp³-hybridized carbons (Fsp3) is 0.367. The maximum atomic E-state index is 13.6. The lowest BCUT2D eigenvalue weighted by molar-refractivity contribution is -0.132. The van der Waals surface area contributed by atoms with E-state index in [0.717, 1.165) is 35.0 Å². The van der Waals surface area contributed by atoms with Gasteiger partial charge in [-0.15, -0.1) is 0 Å². The summed E-state index contributed by atoms with van der Waals surface area (Å²) in [6, 6.07) is 21.5. The van der Waals surface area contributed by atoms with Crippen molar-refractivity contribution in [1.29, 1.82) is 0 Å². The van der Waals surface area contributed by atoms with E-state index in [2.05, 4.69) is 39.6 Å². The van der Waals surface area contributed by atoms with E-state index >= 15 is 0 Å². The molecular weight excluding hydrogens is 562 g/mol. The lowest BCUT2D eigenvalue weighted by Gasteiger charge is -2.27. The van der Waals surface area contributed by atoms with Gasteiger partial charge in [-0.1, -0.05) is 85.1 Å². The number of rotatable bonds is 15. The van der Waals surface area contributed by atoms with Crippen molar-refractivity contribution in [2.75, 3.05) is 19.6 Å². The van der Waals surface area contributed by atoms with E-state index in [-0.39, 0.29) is 12.5 Å². The molecule has 204 valence electrons. The van der Waals surface area contributed by atoms with Crippen LogP contribution in [0.4, 0.5) is 0 Å². The van der Waals surface area contributed by atoms with E-state index in [9.17, 15) is 13.2 Å². The molecule has 0 atom stereocenters. The van der Waals surface area contributed by atoms with Crippen molar-refractivity contribution in [2.45, 2.75) is 52.6 Å². The standard InChI is InChI=1S/C30H38BrN3O3S/c1-3-5-19-33(24-29-13-10-20-32(29)23-27-14-16-28(31)17-15-27)30(35)25-34(21-6-4-2)38(36,37)22-18-26-11-8-7-9-12-26/h7-18,20,22H,3-6,19,21,23-25H2,1-2H3/b22-18+. The predicted octanol–water partition coefficient (Wildman–Crippen LogP) is 6.53. The van der Waals surface area contributed by atoms with Crippen LogP contribution in [0.15, 0.2) is 82.8 Å². The number of amides is 1. The number of unbranched alkanes of at least 4 members (excludes halogenated alkanes) is 2. The summed E-state index contributed by atoms with van der Waals surface area (Å²) in [7, 11) is -3.76. The number of carbonyl (C=O) groups is 1. The Bertz CT molecular complexity index is 1270. The molecule has 0 saturated heterocycles. The molecule has 1 heterocycles. The molecule has 0 saturated carbocycles. The van der Waals surface area contributed by atoms with Gasteiger partial charge >= 0.3 is 0 Å². The van der Waals surface area contributed by atoms with Crippen LogP contribution >= 0.6 is 15.9 Å². The van der Waals surface area contributed by atoms with Crippen LogP contribution in [0.5, 0.6) is 0 Å². The first kappa shape index (κ1) is 29.9. The number of sulfonamides is 1. The van der Waals surface area contributed by atoms with Gasteiger partial charge in [0, 0.05) is 41.4 Å². The smallest absolute Gasteiger partial charge is 0.238 e. The molecule has 0 radical (unpaired) electrons. The summed E-state index contributed by atoms with van der Waals surface area (Å²) >= 11 is 3.48. The highest BCUT2D eigenvalue weighted by molar-refractivity contribution is 9.10. The molecule has 0 unspecified atom stereocenters. The van der Waals surface area contributed by atoms with Gasteiger partial charge in [-0.25, -0.2) is 8.42 Å². The molecule has 1 amide bonds. The van der Waals surface area contributed by atoms with Gasteiger partial charge in [-0.3, -0.25) is 4.79 Å². The summed E-state index contributed by atoms with van der Waals surface area (Å²) in [5.74, 6) is -0.178. The average molecular weight is 601 g/mol. The van der Waals surface area contributed by atoms with Crippen LogP contribution < -0.4 is 0 Å². The summed E-state index contributed by atoms with van der Waals surface area (Å²) in [5.41, 5.74) is 2.98. The van der Waals surface area contributed by atoms with Gasteiger partial charge in [0.2, 0.25) is 15.9 Å². The predicted molar refractivity (Wildman–Crippen MR) is 159 cm³/mol. The van der Waals surface area contributed by atoms with E-state index in [0.29, 0.717) is 32.6 Å². The minimum absolute atomic E-state index is 0.168. The number of carbonyl (C=O) groups excluding carboxylic acids is 1. The Labute approximate surface area is 236 Å². The highest BCUT2D eigenvalue weighted by atomic mass is 79.9. The fourth-order valence-electron chi connectivity index (χ4n) is 4.07. The molecule has 0 bridgehead atoms. The van der Waals surface area contributed by atoms with E-state index in [4.69, 9.17) is 0 Å². The van der Waals surface area contributed by atoms with Crippen molar-refractivity contribution in [3.05, 3.63) is 99.6 Å². The molecule has 6 nitrogen and oxygen atoms in total. The Morgan fingerprint density at radius 2 is 1.61 bits per heavy atom. The Balaban J connectivity index is 1.76. The Morgan fingerprint density at radius 3 is 2.29 bits per heavy atom. The second kappa shape index (κ2) is 15.0. The first-order valence-corrected chi connectivity index (χ1v) is 15.5. The van der Waals surface area contributed by atoms with Crippen LogP contribution in [0.25, 0.3) is 6.08 Å². The summed E-state index contributed by atoms with van der Waals surface area (Å²) in [6.07, 6.45) is 6.94. The maximum Gasteiger partial charge on any atom is 0.238 e. The molecule has 38 heavy (non-hydrogen) atoms. The third-order valence-electron chi connectivity index (χ3n) is 6.34. The second-order valence-electron chi connectivity index (χ2n) is 9.37. The normalized spacial score (nSPS) is 11.9. The van der Waals surface area contributed by atoms with E-state index < -0.39 is 10.0 Å². The van der Waals surface area contributed by atoms with Crippen molar-refractivity contribution < 1.29 is 13.2 Å². The maximum absolute atomic E-state index is 13.6. The van der Waals surface area contributed by atoms with Gasteiger partial charge in [-0.05, 0) is 54.3 Å². The summed E-state index contributed by atoms with van der Waals surface area (Å²) in [4.78, 5) is 15.4. The molecule has 2 aromatic carbocycles. The largest absolute Gasteiger partial charge is 0.345 e. The molecule has 0 N–H and O–H groups in total. The summed E-state index contributed by atoms with van der Waals surface area (Å²) < 4.78 is 31.0. The first-order valence-electron chi connectivity index (χ1n) is 13.2. The van der Waals surface area contributed by atoms with Crippen LogP contribution in [0.1, 0.15) is 56.4 Å². The summed E-state index contributed by atoms with van der Waals surface area (Å²) in [5, 5.41) is 1.21. The minimum atomic E-state index is -3.76. The molecule has 0 aliphatic rings. The van der Waals surface area contributed by atoms with Gasteiger partial charge in [0.15, 0.2) is 0 Å². The molecule has 0 aliphatic carbocycles. The van der Waals surface area contributed by atoms with Crippen LogP contribution in [0.3, 0.4) is 0 Å².